The van der Waals surface area contributed by atoms with Crippen molar-refractivity contribution in [3.05, 3.63) is 40.3 Å². The van der Waals surface area contributed by atoms with Crippen LogP contribution in [0.3, 0.4) is 0 Å². The number of nitrogens with one attached hydrogen (secondary N) is 1. The zero-order valence-electron chi connectivity index (χ0n) is 8.42. The molecule has 0 aliphatic heterocycles. The van der Waals surface area contributed by atoms with Crippen molar-refractivity contribution in [2.24, 2.45) is 0 Å². The van der Waals surface area contributed by atoms with E-state index < -0.39 is 5.82 Å². The fourth-order valence-corrected chi connectivity index (χ4v) is 1.48. The minimum absolute atomic E-state index is 0.0177. The molecule has 0 fully saturated rings. The van der Waals surface area contributed by atoms with Gasteiger partial charge in [-0.1, -0.05) is 23.2 Å². The van der Waals surface area contributed by atoms with Crippen LogP contribution in [0.15, 0.2) is 24.4 Å². The minimum Gasteiger partial charge on any atom is -0.368 e. The highest BCUT2D eigenvalue weighted by atomic mass is 35.5. The van der Waals surface area contributed by atoms with E-state index in [1.54, 1.807) is 18.2 Å². The molecule has 4 nitrogen and oxygen atoms in total. The zero-order chi connectivity index (χ0) is 12.4. The molecule has 2 rings (SSSR count). The Morgan fingerprint density at radius 1 is 1.24 bits per heavy atom. The Hall–Kier alpha value is -1.59. The van der Waals surface area contributed by atoms with Crippen LogP contribution in [-0.4, -0.2) is 9.97 Å². The van der Waals surface area contributed by atoms with Crippen molar-refractivity contribution in [1.82, 2.24) is 9.97 Å². The van der Waals surface area contributed by atoms with Crippen molar-refractivity contribution >= 4 is 40.7 Å². The second-order valence-corrected chi connectivity index (χ2v) is 3.99. The van der Waals surface area contributed by atoms with Crippen molar-refractivity contribution in [3.8, 4) is 0 Å². The van der Waals surface area contributed by atoms with Gasteiger partial charge in [0.2, 0.25) is 5.95 Å². The van der Waals surface area contributed by atoms with E-state index in [4.69, 9.17) is 28.9 Å². The summed E-state index contributed by atoms with van der Waals surface area (Å²) >= 11 is 11.6. The summed E-state index contributed by atoms with van der Waals surface area (Å²) in [5, 5.41) is 3.51. The maximum atomic E-state index is 13.3. The molecule has 0 spiro atoms. The summed E-state index contributed by atoms with van der Waals surface area (Å²) < 4.78 is 13.3. The molecule has 3 N–H and O–H groups in total. The Morgan fingerprint density at radius 3 is 2.71 bits per heavy atom. The Kier molecular flexibility index (Phi) is 3.31. The lowest BCUT2D eigenvalue weighted by molar-refractivity contribution is 0.620. The van der Waals surface area contributed by atoms with Crippen LogP contribution in [-0.2, 0) is 0 Å². The predicted octanol–water partition coefficient (Wildman–Crippen LogP) is 3.25. The van der Waals surface area contributed by atoms with Gasteiger partial charge < -0.3 is 11.1 Å². The first-order valence-electron chi connectivity index (χ1n) is 4.56. The van der Waals surface area contributed by atoms with E-state index in [2.05, 4.69) is 15.3 Å². The van der Waals surface area contributed by atoms with E-state index in [0.29, 0.717) is 15.7 Å². The van der Waals surface area contributed by atoms with Crippen LogP contribution >= 0.6 is 23.2 Å². The average molecular weight is 273 g/mol. The van der Waals surface area contributed by atoms with Gasteiger partial charge in [-0.15, -0.1) is 0 Å². The van der Waals surface area contributed by atoms with Gasteiger partial charge in [-0.3, -0.25) is 0 Å². The van der Waals surface area contributed by atoms with Crippen LogP contribution in [0.2, 0.25) is 10.0 Å². The molecule has 0 aliphatic rings. The van der Waals surface area contributed by atoms with Crippen LogP contribution in [0, 0.1) is 5.82 Å². The highest BCUT2D eigenvalue weighted by Crippen LogP contribution is 2.27. The molecule has 2 aromatic rings. The fraction of sp³-hybridized carbons (Fsp3) is 0. The topological polar surface area (TPSA) is 63.8 Å². The number of hydrogen-bond donors (Lipinski definition) is 2. The molecule has 0 saturated heterocycles. The molecule has 0 unspecified atom stereocenters. The number of nitrogen functional groups attached to an aromatic ring is 1. The molecule has 7 heteroatoms. The van der Waals surface area contributed by atoms with Crippen LogP contribution in [0.4, 0.5) is 21.8 Å². The highest BCUT2D eigenvalue weighted by molar-refractivity contribution is 6.42. The minimum atomic E-state index is -0.606. The standard InChI is InChI=1S/C10H7Cl2FN4/c11-6-2-1-5(3-7(6)12)16-9-8(13)4-15-10(14)17-9/h1-4H,(H3,14,15,16,17). The summed E-state index contributed by atoms with van der Waals surface area (Å²) in [5.41, 5.74) is 5.91. The summed E-state index contributed by atoms with van der Waals surface area (Å²) in [6.07, 6.45) is 0.988. The second kappa shape index (κ2) is 4.73. The number of rotatable bonds is 2. The average Bonchev–Trinajstić information content (AvgIpc) is 2.29. The van der Waals surface area contributed by atoms with Gasteiger partial charge in [0.25, 0.3) is 0 Å². The largest absolute Gasteiger partial charge is 0.368 e. The first-order chi connectivity index (χ1) is 8.06. The second-order valence-electron chi connectivity index (χ2n) is 3.18. The monoisotopic (exact) mass is 272 g/mol. The lowest BCUT2D eigenvalue weighted by atomic mass is 10.3. The van der Waals surface area contributed by atoms with E-state index in [0.717, 1.165) is 6.20 Å². The Bertz CT molecular complexity index is 562. The first kappa shape index (κ1) is 11.9. The number of anilines is 3. The number of aromatic nitrogens is 2. The molecule has 0 aliphatic carbocycles. The molecule has 0 radical (unpaired) electrons. The van der Waals surface area contributed by atoms with E-state index in [-0.39, 0.29) is 11.8 Å². The van der Waals surface area contributed by atoms with E-state index in [9.17, 15) is 4.39 Å². The third-order valence-electron chi connectivity index (χ3n) is 1.95. The smallest absolute Gasteiger partial charge is 0.222 e. The van der Waals surface area contributed by atoms with Crippen LogP contribution in [0.5, 0.6) is 0 Å². The molecule has 1 heterocycles. The normalized spacial score (nSPS) is 10.3. The number of nitrogens with zero attached hydrogens (tertiary/aromatic N) is 2. The summed E-state index contributed by atoms with van der Waals surface area (Å²) in [4.78, 5) is 7.24. The van der Waals surface area contributed by atoms with Crippen LogP contribution in [0.25, 0.3) is 0 Å². The summed E-state index contributed by atoms with van der Waals surface area (Å²) in [6.45, 7) is 0. The molecule has 0 atom stereocenters. The molecule has 0 saturated carbocycles. The predicted molar refractivity (Wildman–Crippen MR) is 66.1 cm³/mol. The maximum Gasteiger partial charge on any atom is 0.222 e. The van der Waals surface area contributed by atoms with Gasteiger partial charge >= 0.3 is 0 Å². The number of hydrogen-bond acceptors (Lipinski definition) is 4. The third-order valence-corrected chi connectivity index (χ3v) is 2.68. The molecule has 1 aromatic heterocycles. The molecule has 17 heavy (non-hydrogen) atoms. The van der Waals surface area contributed by atoms with E-state index in [1.165, 1.54) is 0 Å². The van der Waals surface area contributed by atoms with Crippen LogP contribution in [0.1, 0.15) is 0 Å². The van der Waals surface area contributed by atoms with Crippen molar-refractivity contribution in [3.63, 3.8) is 0 Å². The van der Waals surface area contributed by atoms with Crippen molar-refractivity contribution in [2.75, 3.05) is 11.1 Å². The van der Waals surface area contributed by atoms with Gasteiger partial charge in [-0.05, 0) is 18.2 Å². The quantitative estimate of drug-likeness (QED) is 0.881. The van der Waals surface area contributed by atoms with Gasteiger partial charge in [0, 0.05) is 5.69 Å². The van der Waals surface area contributed by atoms with Gasteiger partial charge in [0.1, 0.15) is 0 Å². The summed E-state index contributed by atoms with van der Waals surface area (Å²) in [5.74, 6) is -0.643. The van der Waals surface area contributed by atoms with Gasteiger partial charge in [0.15, 0.2) is 11.6 Å². The van der Waals surface area contributed by atoms with Gasteiger partial charge in [0.05, 0.1) is 16.2 Å². The lowest BCUT2D eigenvalue weighted by Crippen LogP contribution is -2.02. The zero-order valence-corrected chi connectivity index (χ0v) is 9.93. The van der Waals surface area contributed by atoms with E-state index >= 15 is 0 Å². The third kappa shape index (κ3) is 2.75. The first-order valence-corrected chi connectivity index (χ1v) is 5.32. The van der Waals surface area contributed by atoms with Gasteiger partial charge in [-0.25, -0.2) is 9.37 Å². The van der Waals surface area contributed by atoms with Gasteiger partial charge in [-0.2, -0.15) is 4.98 Å². The Balaban J connectivity index is 2.31. The number of halogens is 3. The van der Waals surface area contributed by atoms with E-state index in [1.807, 2.05) is 0 Å². The molecule has 0 bridgehead atoms. The number of benzene rings is 1. The summed E-state index contributed by atoms with van der Waals surface area (Å²) in [6, 6.07) is 4.79. The molecule has 88 valence electrons. The maximum absolute atomic E-state index is 13.3. The number of nitrogens with two attached hydrogens (primary N) is 1. The SMILES string of the molecule is Nc1ncc(F)c(Nc2ccc(Cl)c(Cl)c2)n1. The Morgan fingerprint density at radius 2 is 2.00 bits per heavy atom. The molecular weight excluding hydrogens is 266 g/mol. The summed E-state index contributed by atoms with van der Waals surface area (Å²) in [7, 11) is 0. The van der Waals surface area contributed by atoms with Crippen molar-refractivity contribution in [2.45, 2.75) is 0 Å². The Labute approximate surface area is 107 Å². The molecule has 1 aromatic carbocycles. The van der Waals surface area contributed by atoms with Crippen molar-refractivity contribution in [1.29, 1.82) is 0 Å². The molecular formula is C10H7Cl2FN4. The highest BCUT2D eigenvalue weighted by Gasteiger charge is 2.06. The fourth-order valence-electron chi connectivity index (χ4n) is 1.18. The van der Waals surface area contributed by atoms with Crippen molar-refractivity contribution < 1.29 is 4.39 Å². The van der Waals surface area contributed by atoms with Crippen LogP contribution < -0.4 is 11.1 Å². The molecule has 0 amide bonds. The lowest BCUT2D eigenvalue weighted by Gasteiger charge is -2.07.